The Morgan fingerprint density at radius 2 is 1.84 bits per heavy atom. The van der Waals surface area contributed by atoms with Gasteiger partial charge in [0.1, 0.15) is 5.69 Å². The van der Waals surface area contributed by atoms with Gasteiger partial charge in [-0.1, -0.05) is 11.6 Å². The van der Waals surface area contributed by atoms with Crippen LogP contribution in [0.2, 0.25) is 5.02 Å². The summed E-state index contributed by atoms with van der Waals surface area (Å²) in [7, 11) is -1.97. The molecular formula is C16H15ClN2O5S. The van der Waals surface area contributed by atoms with Crippen molar-refractivity contribution in [3.63, 3.8) is 0 Å². The van der Waals surface area contributed by atoms with Crippen LogP contribution in [0.5, 0.6) is 0 Å². The molecule has 1 heterocycles. The largest absolute Gasteiger partial charge is 0.453 e. The maximum Gasteiger partial charge on any atom is 0.357 e. The molecule has 0 bridgehead atoms. The van der Waals surface area contributed by atoms with E-state index in [1.165, 1.54) is 49.6 Å². The van der Waals surface area contributed by atoms with Crippen LogP contribution < -0.4 is 4.31 Å². The van der Waals surface area contributed by atoms with Crippen LogP contribution >= 0.6 is 11.6 Å². The lowest BCUT2D eigenvalue weighted by molar-refractivity contribution is 0.0469. The molecule has 1 aromatic carbocycles. The summed E-state index contributed by atoms with van der Waals surface area (Å²) in [5, 5.41) is 0.332. The van der Waals surface area contributed by atoms with Crippen molar-refractivity contribution in [3.05, 3.63) is 58.9 Å². The maximum atomic E-state index is 12.1. The Bertz CT molecular complexity index is 897. The van der Waals surface area contributed by atoms with Crippen molar-refractivity contribution in [1.29, 1.82) is 0 Å². The average molecular weight is 383 g/mol. The van der Waals surface area contributed by atoms with Crippen molar-refractivity contribution < 1.29 is 22.7 Å². The van der Waals surface area contributed by atoms with E-state index in [0.717, 1.165) is 10.6 Å². The maximum absolute atomic E-state index is 12.1. The lowest BCUT2D eigenvalue weighted by atomic mass is 10.1. The highest BCUT2D eigenvalue weighted by atomic mass is 35.5. The number of hydrogen-bond acceptors (Lipinski definition) is 6. The summed E-state index contributed by atoms with van der Waals surface area (Å²) >= 11 is 5.76. The summed E-state index contributed by atoms with van der Waals surface area (Å²) in [6.45, 7) is -0.464. The van der Waals surface area contributed by atoms with Crippen molar-refractivity contribution in [1.82, 2.24) is 4.98 Å². The highest BCUT2D eigenvalue weighted by Crippen LogP contribution is 2.17. The lowest BCUT2D eigenvalue weighted by Gasteiger charge is -2.16. The highest BCUT2D eigenvalue weighted by Gasteiger charge is 2.15. The van der Waals surface area contributed by atoms with Crippen molar-refractivity contribution in [3.8, 4) is 0 Å². The number of carbonyl (C=O) groups excluding carboxylic acids is 2. The first kappa shape index (κ1) is 18.9. The van der Waals surface area contributed by atoms with E-state index in [-0.39, 0.29) is 11.3 Å². The molecule has 2 rings (SSSR count). The Kier molecular flexibility index (Phi) is 5.76. The minimum atomic E-state index is -3.38. The number of anilines is 1. The Hall–Kier alpha value is -2.45. The minimum absolute atomic E-state index is 0.00502. The molecule has 0 saturated heterocycles. The Morgan fingerprint density at radius 1 is 1.20 bits per heavy atom. The van der Waals surface area contributed by atoms with E-state index < -0.39 is 28.4 Å². The average Bonchev–Trinajstić information content (AvgIpc) is 2.58. The van der Waals surface area contributed by atoms with Gasteiger partial charge in [-0.2, -0.15) is 0 Å². The first-order chi connectivity index (χ1) is 11.7. The van der Waals surface area contributed by atoms with Crippen LogP contribution in [-0.4, -0.2) is 45.1 Å². The molecule has 2 aromatic rings. The molecule has 0 radical (unpaired) electrons. The van der Waals surface area contributed by atoms with Crippen molar-refractivity contribution in [2.45, 2.75) is 0 Å². The van der Waals surface area contributed by atoms with Crippen LogP contribution in [0.4, 0.5) is 5.69 Å². The fourth-order valence-corrected chi connectivity index (χ4v) is 2.52. The van der Waals surface area contributed by atoms with Gasteiger partial charge in [-0.3, -0.25) is 9.10 Å². The summed E-state index contributed by atoms with van der Waals surface area (Å²) in [5.74, 6) is -1.19. The number of rotatable bonds is 6. The van der Waals surface area contributed by atoms with Crippen LogP contribution in [0, 0.1) is 0 Å². The molecule has 7 nitrogen and oxygen atoms in total. The number of halogens is 1. The first-order valence-electron chi connectivity index (χ1n) is 7.04. The number of pyridine rings is 1. The van der Waals surface area contributed by atoms with E-state index >= 15 is 0 Å². The monoisotopic (exact) mass is 382 g/mol. The Labute approximate surface area is 150 Å². The van der Waals surface area contributed by atoms with E-state index in [1.54, 1.807) is 0 Å². The number of hydrogen-bond donors (Lipinski definition) is 0. The van der Waals surface area contributed by atoms with E-state index in [0.29, 0.717) is 10.7 Å². The van der Waals surface area contributed by atoms with E-state index in [9.17, 15) is 18.0 Å². The van der Waals surface area contributed by atoms with Crippen molar-refractivity contribution in [2.24, 2.45) is 0 Å². The van der Waals surface area contributed by atoms with Gasteiger partial charge < -0.3 is 4.74 Å². The number of ether oxygens (including phenoxy) is 1. The summed E-state index contributed by atoms with van der Waals surface area (Å²) in [6, 6.07) is 8.77. The Morgan fingerprint density at radius 3 is 2.40 bits per heavy atom. The topological polar surface area (TPSA) is 93.6 Å². The number of aromatic nitrogens is 1. The zero-order valence-electron chi connectivity index (χ0n) is 13.5. The van der Waals surface area contributed by atoms with E-state index in [4.69, 9.17) is 16.3 Å². The standard InChI is InChI=1S/C16H15ClN2O5S/c1-19(25(2,22)23)13-5-3-11(4-6-13)15(20)10-24-16(21)14-9-12(17)7-8-18-14/h3-9H,10H2,1-2H3. The number of benzene rings is 1. The van der Waals surface area contributed by atoms with Crippen molar-refractivity contribution in [2.75, 3.05) is 24.2 Å². The molecule has 0 fully saturated rings. The summed E-state index contributed by atoms with van der Waals surface area (Å²) in [5.41, 5.74) is 0.710. The molecule has 0 aliphatic carbocycles. The van der Waals surface area contributed by atoms with Crippen LogP contribution in [-0.2, 0) is 14.8 Å². The quantitative estimate of drug-likeness (QED) is 0.561. The normalized spacial score (nSPS) is 11.0. The van der Waals surface area contributed by atoms with E-state index in [2.05, 4.69) is 4.98 Å². The lowest BCUT2D eigenvalue weighted by Crippen LogP contribution is -2.24. The second-order valence-electron chi connectivity index (χ2n) is 5.14. The predicted molar refractivity (Wildman–Crippen MR) is 93.5 cm³/mol. The third kappa shape index (κ3) is 5.01. The van der Waals surface area contributed by atoms with Gasteiger partial charge in [0.2, 0.25) is 10.0 Å². The molecule has 1 aromatic heterocycles. The fraction of sp³-hybridized carbons (Fsp3) is 0.188. The van der Waals surface area contributed by atoms with E-state index in [1.807, 2.05) is 0 Å². The van der Waals surface area contributed by atoms with Gasteiger partial charge >= 0.3 is 5.97 Å². The minimum Gasteiger partial charge on any atom is -0.453 e. The molecule has 0 aliphatic heterocycles. The number of nitrogens with zero attached hydrogens (tertiary/aromatic N) is 2. The number of esters is 1. The van der Waals surface area contributed by atoms with Gasteiger partial charge in [0, 0.05) is 23.8 Å². The van der Waals surface area contributed by atoms with Gasteiger partial charge in [0.15, 0.2) is 12.4 Å². The van der Waals surface area contributed by atoms with Crippen molar-refractivity contribution >= 4 is 39.1 Å². The smallest absolute Gasteiger partial charge is 0.357 e. The van der Waals surface area contributed by atoms with Gasteiger partial charge in [-0.05, 0) is 36.4 Å². The number of Topliss-reactive ketones (excluding diaryl/α,β-unsaturated/α-hetero) is 1. The third-order valence-corrected chi connectivity index (χ3v) is 4.76. The zero-order chi connectivity index (χ0) is 18.6. The molecule has 132 valence electrons. The second kappa shape index (κ2) is 7.62. The number of sulfonamides is 1. The fourth-order valence-electron chi connectivity index (χ4n) is 1.85. The van der Waals surface area contributed by atoms with Gasteiger partial charge in [-0.25, -0.2) is 18.2 Å². The van der Waals surface area contributed by atoms with Crippen LogP contribution in [0.25, 0.3) is 0 Å². The zero-order valence-corrected chi connectivity index (χ0v) is 15.0. The molecule has 0 N–H and O–H groups in total. The molecule has 0 saturated carbocycles. The number of carbonyl (C=O) groups is 2. The highest BCUT2D eigenvalue weighted by molar-refractivity contribution is 7.92. The summed E-state index contributed by atoms with van der Waals surface area (Å²) in [4.78, 5) is 27.7. The predicted octanol–water partition coefficient (Wildman–Crippen LogP) is 2.17. The first-order valence-corrected chi connectivity index (χ1v) is 9.27. The third-order valence-electron chi connectivity index (χ3n) is 3.32. The summed E-state index contributed by atoms with van der Waals surface area (Å²) < 4.78 is 29.0. The molecular weight excluding hydrogens is 368 g/mol. The summed E-state index contributed by atoms with van der Waals surface area (Å²) in [6.07, 6.45) is 2.44. The molecule has 0 amide bonds. The van der Waals surface area contributed by atoms with Crippen LogP contribution in [0.15, 0.2) is 42.6 Å². The molecule has 0 spiro atoms. The molecule has 9 heteroatoms. The van der Waals surface area contributed by atoms with Crippen LogP contribution in [0.1, 0.15) is 20.8 Å². The molecule has 0 aliphatic rings. The molecule has 0 atom stereocenters. The molecule has 0 unspecified atom stereocenters. The van der Waals surface area contributed by atoms with Crippen LogP contribution in [0.3, 0.4) is 0 Å². The molecule has 25 heavy (non-hydrogen) atoms. The van der Waals surface area contributed by atoms with Gasteiger partial charge in [0.05, 0.1) is 11.9 Å². The second-order valence-corrected chi connectivity index (χ2v) is 7.59. The van der Waals surface area contributed by atoms with Gasteiger partial charge in [0.25, 0.3) is 0 Å². The van der Waals surface area contributed by atoms with Gasteiger partial charge in [-0.15, -0.1) is 0 Å². The number of ketones is 1. The SMILES string of the molecule is CN(c1ccc(C(=O)COC(=O)c2cc(Cl)ccn2)cc1)S(C)(=O)=O. The Balaban J connectivity index is 2.00.